The molecule has 0 aliphatic carbocycles. The molecule has 2 rings (SSSR count). The molecule has 0 spiro atoms. The lowest BCUT2D eigenvalue weighted by Crippen LogP contribution is -2.47. The van der Waals surface area contributed by atoms with Crippen LogP contribution in [-0.2, 0) is 19.4 Å². The third-order valence-corrected chi connectivity index (χ3v) is 5.71. The Kier molecular flexibility index (Phi) is 6.06. The minimum absolute atomic E-state index is 0.0183. The number of amides is 2. The third-order valence-electron chi connectivity index (χ3n) is 3.62. The highest BCUT2D eigenvalue weighted by atomic mass is 35.5. The van der Waals surface area contributed by atoms with E-state index in [0.29, 0.717) is 17.2 Å². The van der Waals surface area contributed by atoms with Crippen molar-refractivity contribution >= 4 is 33.3 Å². The molecule has 0 unspecified atom stereocenters. The van der Waals surface area contributed by atoms with Gasteiger partial charge in [-0.1, -0.05) is 11.6 Å². The molecule has 1 heterocycles. The molecule has 0 saturated carbocycles. The summed E-state index contributed by atoms with van der Waals surface area (Å²) in [4.78, 5) is 23.6. The SMILES string of the molecule is C[C@@H](Oc1ccc(Cl)cc1)C(=O)NNC(=O)C[C@@H]1CCS(=O)(=O)C1. The summed E-state index contributed by atoms with van der Waals surface area (Å²) in [6.45, 7) is 1.54. The predicted molar refractivity (Wildman–Crippen MR) is 89.2 cm³/mol. The molecule has 1 aromatic rings. The van der Waals surface area contributed by atoms with Crippen molar-refractivity contribution in [3.05, 3.63) is 29.3 Å². The maximum absolute atomic E-state index is 11.9. The summed E-state index contributed by atoms with van der Waals surface area (Å²) in [7, 11) is -3.02. The second-order valence-corrected chi connectivity index (χ2v) is 8.39. The summed E-state index contributed by atoms with van der Waals surface area (Å²) in [6.07, 6.45) is -0.288. The highest BCUT2D eigenvalue weighted by Gasteiger charge is 2.29. The summed E-state index contributed by atoms with van der Waals surface area (Å²) < 4.78 is 28.1. The van der Waals surface area contributed by atoms with Crippen molar-refractivity contribution in [2.45, 2.75) is 25.9 Å². The molecule has 2 amide bonds. The monoisotopic (exact) mass is 374 g/mol. The van der Waals surface area contributed by atoms with E-state index >= 15 is 0 Å². The van der Waals surface area contributed by atoms with Crippen LogP contribution in [0.1, 0.15) is 19.8 Å². The van der Waals surface area contributed by atoms with Gasteiger partial charge in [0.2, 0.25) is 5.91 Å². The normalized spacial score (nSPS) is 20.2. The van der Waals surface area contributed by atoms with Crippen LogP contribution in [0, 0.1) is 5.92 Å². The smallest absolute Gasteiger partial charge is 0.279 e. The number of benzene rings is 1. The molecule has 1 aromatic carbocycles. The first-order valence-corrected chi connectivity index (χ1v) is 9.66. The fourth-order valence-corrected chi connectivity index (χ4v) is 4.34. The van der Waals surface area contributed by atoms with Gasteiger partial charge in [-0.15, -0.1) is 0 Å². The Bertz CT molecular complexity index is 705. The van der Waals surface area contributed by atoms with E-state index in [1.54, 1.807) is 31.2 Å². The molecular weight excluding hydrogens is 356 g/mol. The maximum Gasteiger partial charge on any atom is 0.279 e. The lowest BCUT2D eigenvalue weighted by Gasteiger charge is -2.15. The number of sulfone groups is 1. The molecule has 0 bridgehead atoms. The van der Waals surface area contributed by atoms with Gasteiger partial charge in [0, 0.05) is 11.4 Å². The zero-order valence-electron chi connectivity index (χ0n) is 13.1. The summed E-state index contributed by atoms with van der Waals surface area (Å²) in [5.41, 5.74) is 4.55. The van der Waals surface area contributed by atoms with Gasteiger partial charge in [0.1, 0.15) is 5.75 Å². The van der Waals surface area contributed by atoms with Crippen molar-refractivity contribution in [3.8, 4) is 5.75 Å². The molecule has 1 fully saturated rings. The Labute approximate surface area is 145 Å². The first kappa shape index (κ1) is 18.5. The average Bonchev–Trinajstić information content (AvgIpc) is 2.85. The van der Waals surface area contributed by atoms with Gasteiger partial charge in [-0.2, -0.15) is 0 Å². The van der Waals surface area contributed by atoms with Crippen LogP contribution in [0.2, 0.25) is 5.02 Å². The molecule has 2 N–H and O–H groups in total. The number of carbonyl (C=O) groups excluding carboxylic acids is 2. The highest BCUT2D eigenvalue weighted by Crippen LogP contribution is 2.21. The van der Waals surface area contributed by atoms with Crippen LogP contribution >= 0.6 is 11.6 Å². The number of ether oxygens (including phenoxy) is 1. The van der Waals surface area contributed by atoms with Crippen molar-refractivity contribution in [2.24, 2.45) is 5.92 Å². The van der Waals surface area contributed by atoms with Crippen LogP contribution in [0.3, 0.4) is 0 Å². The van der Waals surface area contributed by atoms with Gasteiger partial charge >= 0.3 is 0 Å². The maximum atomic E-state index is 11.9. The minimum atomic E-state index is -3.02. The molecule has 7 nitrogen and oxygen atoms in total. The Balaban J connectivity index is 1.73. The standard InChI is InChI=1S/C15H19ClN2O5S/c1-10(23-13-4-2-12(16)3-5-13)15(20)18-17-14(19)8-11-6-7-24(21,22)9-11/h2-5,10-11H,6-9H2,1H3,(H,17,19)(H,18,20)/t10-,11+/m1/s1. The highest BCUT2D eigenvalue weighted by molar-refractivity contribution is 7.91. The zero-order valence-corrected chi connectivity index (χ0v) is 14.7. The number of hydrogen-bond donors (Lipinski definition) is 2. The number of rotatable bonds is 5. The number of halogens is 1. The van der Waals surface area contributed by atoms with Gasteiger partial charge < -0.3 is 4.74 Å². The van der Waals surface area contributed by atoms with E-state index in [-0.39, 0.29) is 23.8 Å². The van der Waals surface area contributed by atoms with Crippen LogP contribution in [0.5, 0.6) is 5.75 Å². The Morgan fingerprint density at radius 3 is 2.54 bits per heavy atom. The molecule has 9 heteroatoms. The van der Waals surface area contributed by atoms with E-state index in [1.165, 1.54) is 0 Å². The van der Waals surface area contributed by atoms with Crippen LogP contribution in [0.15, 0.2) is 24.3 Å². The minimum Gasteiger partial charge on any atom is -0.481 e. The van der Waals surface area contributed by atoms with Crippen LogP contribution in [-0.4, -0.2) is 37.8 Å². The van der Waals surface area contributed by atoms with Crippen molar-refractivity contribution in [2.75, 3.05) is 11.5 Å². The van der Waals surface area contributed by atoms with E-state index < -0.39 is 27.8 Å². The van der Waals surface area contributed by atoms with Crippen LogP contribution in [0.25, 0.3) is 0 Å². The lowest BCUT2D eigenvalue weighted by atomic mass is 10.1. The van der Waals surface area contributed by atoms with Gasteiger partial charge in [-0.25, -0.2) is 8.42 Å². The molecule has 0 radical (unpaired) electrons. The van der Waals surface area contributed by atoms with E-state index in [1.807, 2.05) is 0 Å². The van der Waals surface area contributed by atoms with Crippen molar-refractivity contribution in [3.63, 3.8) is 0 Å². The first-order chi connectivity index (χ1) is 11.2. The number of carbonyl (C=O) groups is 2. The summed E-state index contributed by atoms with van der Waals surface area (Å²) >= 11 is 5.76. The molecule has 1 saturated heterocycles. The van der Waals surface area contributed by atoms with Crippen LogP contribution in [0.4, 0.5) is 0 Å². The van der Waals surface area contributed by atoms with E-state index in [2.05, 4.69) is 10.9 Å². The molecular formula is C15H19ClN2O5S. The topological polar surface area (TPSA) is 102 Å². The Morgan fingerprint density at radius 1 is 1.29 bits per heavy atom. The summed E-state index contributed by atoms with van der Waals surface area (Å²) in [5, 5.41) is 0.556. The van der Waals surface area contributed by atoms with Crippen molar-refractivity contribution < 1.29 is 22.7 Å². The van der Waals surface area contributed by atoms with Gasteiger partial charge in [-0.05, 0) is 43.5 Å². The molecule has 2 atom stereocenters. The van der Waals surface area contributed by atoms with E-state index in [9.17, 15) is 18.0 Å². The largest absolute Gasteiger partial charge is 0.481 e. The molecule has 132 valence electrons. The van der Waals surface area contributed by atoms with Gasteiger partial charge in [0.25, 0.3) is 5.91 Å². The Morgan fingerprint density at radius 2 is 1.96 bits per heavy atom. The van der Waals surface area contributed by atoms with E-state index in [4.69, 9.17) is 16.3 Å². The predicted octanol–water partition coefficient (Wildman–Crippen LogP) is 1.08. The second kappa shape index (κ2) is 7.85. The van der Waals surface area contributed by atoms with Crippen molar-refractivity contribution in [1.29, 1.82) is 0 Å². The van der Waals surface area contributed by atoms with E-state index in [0.717, 1.165) is 0 Å². The van der Waals surface area contributed by atoms with Gasteiger partial charge in [0.05, 0.1) is 11.5 Å². The molecule has 1 aliphatic rings. The fourth-order valence-electron chi connectivity index (χ4n) is 2.35. The lowest BCUT2D eigenvalue weighted by molar-refractivity contribution is -0.133. The molecule has 0 aromatic heterocycles. The number of hydrogen-bond acceptors (Lipinski definition) is 5. The first-order valence-electron chi connectivity index (χ1n) is 7.46. The Hall–Kier alpha value is -1.80. The van der Waals surface area contributed by atoms with Crippen molar-refractivity contribution in [1.82, 2.24) is 10.9 Å². The third kappa shape index (κ3) is 5.68. The summed E-state index contributed by atoms with van der Waals surface area (Å²) in [5.74, 6) is -0.533. The second-order valence-electron chi connectivity index (χ2n) is 5.72. The zero-order chi connectivity index (χ0) is 17.7. The number of hydrazine groups is 1. The average molecular weight is 375 g/mol. The van der Waals surface area contributed by atoms with Gasteiger partial charge in [-0.3, -0.25) is 20.4 Å². The quantitative estimate of drug-likeness (QED) is 0.751. The fraction of sp³-hybridized carbons (Fsp3) is 0.467. The van der Waals surface area contributed by atoms with Crippen LogP contribution < -0.4 is 15.6 Å². The molecule has 1 aliphatic heterocycles. The summed E-state index contributed by atoms with van der Waals surface area (Å²) in [6, 6.07) is 6.54. The van der Waals surface area contributed by atoms with Gasteiger partial charge in [0.15, 0.2) is 15.9 Å². The number of nitrogens with one attached hydrogen (secondary N) is 2. The molecule has 24 heavy (non-hydrogen) atoms.